The summed E-state index contributed by atoms with van der Waals surface area (Å²) < 4.78 is 5.29. The number of ketones is 1. The molecular weight excluding hydrogens is 406 g/mol. The molecule has 7 heteroatoms. The molecule has 2 aromatic rings. The van der Waals surface area contributed by atoms with Gasteiger partial charge in [-0.05, 0) is 68.9 Å². The van der Waals surface area contributed by atoms with E-state index in [2.05, 4.69) is 23.7 Å². The Kier molecular flexibility index (Phi) is 7.64. The maximum absolute atomic E-state index is 13.1. The number of carbonyl (C=O) groups excluding carboxylic acids is 2. The van der Waals surface area contributed by atoms with Crippen molar-refractivity contribution in [3.05, 3.63) is 65.0 Å². The second-order valence-electron chi connectivity index (χ2n) is 7.81. The molecule has 0 spiro atoms. The lowest BCUT2D eigenvalue weighted by Gasteiger charge is -2.26. The molecule has 0 bridgehead atoms. The van der Waals surface area contributed by atoms with Gasteiger partial charge in [-0.2, -0.15) is 0 Å². The SMILES string of the molecule is CCN(CC)CCCN1C(=O)C(=O)/C(=C(\O)c2ccc(OC)c(C)c2)C1c1ccccn1. The van der Waals surface area contributed by atoms with E-state index in [0.29, 0.717) is 23.6 Å². The van der Waals surface area contributed by atoms with Gasteiger partial charge in [0.05, 0.1) is 18.4 Å². The van der Waals surface area contributed by atoms with Crippen LogP contribution in [0.25, 0.3) is 5.76 Å². The van der Waals surface area contributed by atoms with E-state index in [1.165, 1.54) is 4.90 Å². The van der Waals surface area contributed by atoms with Crippen molar-refractivity contribution in [2.45, 2.75) is 33.2 Å². The molecule has 1 aromatic heterocycles. The molecule has 1 aromatic carbocycles. The molecule has 170 valence electrons. The summed E-state index contributed by atoms with van der Waals surface area (Å²) in [5.41, 5.74) is 1.91. The zero-order chi connectivity index (χ0) is 23.3. The molecule has 2 heterocycles. The quantitative estimate of drug-likeness (QED) is 0.367. The second kappa shape index (κ2) is 10.4. The summed E-state index contributed by atoms with van der Waals surface area (Å²) in [5.74, 6) is -0.808. The van der Waals surface area contributed by atoms with Gasteiger partial charge in [0.15, 0.2) is 0 Å². The zero-order valence-corrected chi connectivity index (χ0v) is 19.2. The minimum atomic E-state index is -0.727. The molecule has 0 radical (unpaired) electrons. The number of ether oxygens (including phenoxy) is 1. The third-order valence-electron chi connectivity index (χ3n) is 5.94. The molecule has 7 nitrogen and oxygen atoms in total. The van der Waals surface area contributed by atoms with Crippen LogP contribution < -0.4 is 4.74 Å². The first-order chi connectivity index (χ1) is 15.4. The van der Waals surface area contributed by atoms with Crippen molar-refractivity contribution in [2.24, 2.45) is 0 Å². The number of aromatic nitrogens is 1. The van der Waals surface area contributed by atoms with Gasteiger partial charge >= 0.3 is 0 Å². The number of aliphatic hydroxyl groups is 1. The fraction of sp³-hybridized carbons (Fsp3) is 0.400. The molecule has 1 atom stereocenters. The van der Waals surface area contributed by atoms with Crippen LogP contribution in [0.2, 0.25) is 0 Å². The van der Waals surface area contributed by atoms with Gasteiger partial charge in [-0.25, -0.2) is 0 Å². The van der Waals surface area contributed by atoms with Gasteiger partial charge in [0.2, 0.25) is 0 Å². The molecule has 1 aliphatic rings. The van der Waals surface area contributed by atoms with Gasteiger partial charge in [0.1, 0.15) is 17.6 Å². The first-order valence-electron chi connectivity index (χ1n) is 11.0. The molecule has 3 rings (SSSR count). The van der Waals surface area contributed by atoms with Crippen molar-refractivity contribution >= 4 is 17.4 Å². The largest absolute Gasteiger partial charge is 0.507 e. The number of aryl methyl sites for hydroxylation is 1. The van der Waals surface area contributed by atoms with Crippen LogP contribution in [0, 0.1) is 6.92 Å². The molecule has 1 saturated heterocycles. The zero-order valence-electron chi connectivity index (χ0n) is 19.2. The van der Waals surface area contributed by atoms with E-state index < -0.39 is 17.7 Å². The third-order valence-corrected chi connectivity index (χ3v) is 5.94. The van der Waals surface area contributed by atoms with Crippen LogP contribution in [-0.4, -0.2) is 64.9 Å². The summed E-state index contributed by atoms with van der Waals surface area (Å²) in [6.07, 6.45) is 2.35. The van der Waals surface area contributed by atoms with E-state index in [9.17, 15) is 14.7 Å². The van der Waals surface area contributed by atoms with Crippen molar-refractivity contribution in [2.75, 3.05) is 33.3 Å². The van der Waals surface area contributed by atoms with E-state index >= 15 is 0 Å². The molecule has 1 aliphatic heterocycles. The highest BCUT2D eigenvalue weighted by Gasteiger charge is 2.46. The number of amides is 1. The maximum atomic E-state index is 13.1. The van der Waals surface area contributed by atoms with Gasteiger partial charge in [0.25, 0.3) is 11.7 Å². The van der Waals surface area contributed by atoms with Crippen molar-refractivity contribution in [3.8, 4) is 5.75 Å². The number of carbonyl (C=O) groups is 2. The number of hydrogen-bond acceptors (Lipinski definition) is 6. The number of nitrogens with zero attached hydrogens (tertiary/aromatic N) is 3. The normalized spacial score (nSPS) is 17.9. The smallest absolute Gasteiger partial charge is 0.295 e. The highest BCUT2D eigenvalue weighted by Crippen LogP contribution is 2.39. The number of rotatable bonds is 9. The van der Waals surface area contributed by atoms with Crippen molar-refractivity contribution in [1.82, 2.24) is 14.8 Å². The number of Topliss-reactive ketones (excluding diaryl/α,β-unsaturated/α-hetero) is 1. The Morgan fingerprint density at radius 2 is 1.94 bits per heavy atom. The van der Waals surface area contributed by atoms with Gasteiger partial charge in [-0.1, -0.05) is 19.9 Å². The fourth-order valence-electron chi connectivity index (χ4n) is 4.14. The summed E-state index contributed by atoms with van der Waals surface area (Å²) >= 11 is 0. The molecule has 1 unspecified atom stereocenters. The van der Waals surface area contributed by atoms with Crippen LogP contribution in [0.4, 0.5) is 0 Å². The number of pyridine rings is 1. The topological polar surface area (TPSA) is 83.0 Å². The van der Waals surface area contributed by atoms with E-state index in [4.69, 9.17) is 4.74 Å². The summed E-state index contributed by atoms with van der Waals surface area (Å²) in [6.45, 7) is 9.13. The summed E-state index contributed by atoms with van der Waals surface area (Å²) in [6, 6.07) is 9.82. The predicted octanol–water partition coefficient (Wildman–Crippen LogP) is 3.55. The summed E-state index contributed by atoms with van der Waals surface area (Å²) in [5, 5.41) is 11.1. The first kappa shape index (κ1) is 23.5. The first-order valence-corrected chi connectivity index (χ1v) is 11.0. The van der Waals surface area contributed by atoms with Crippen LogP contribution in [0.5, 0.6) is 5.75 Å². The molecule has 1 N–H and O–H groups in total. The average molecular weight is 438 g/mol. The second-order valence-corrected chi connectivity index (χ2v) is 7.81. The van der Waals surface area contributed by atoms with E-state index in [1.54, 1.807) is 43.6 Å². The number of hydrogen-bond donors (Lipinski definition) is 1. The molecule has 1 amide bonds. The van der Waals surface area contributed by atoms with Crippen LogP contribution in [-0.2, 0) is 9.59 Å². The van der Waals surface area contributed by atoms with Gasteiger partial charge < -0.3 is 19.6 Å². The van der Waals surface area contributed by atoms with Crippen LogP contribution in [0.1, 0.15) is 43.1 Å². The third kappa shape index (κ3) is 4.67. The van der Waals surface area contributed by atoms with E-state index in [0.717, 1.165) is 31.6 Å². The molecule has 32 heavy (non-hydrogen) atoms. The molecule has 0 aliphatic carbocycles. The highest BCUT2D eigenvalue weighted by molar-refractivity contribution is 6.46. The summed E-state index contributed by atoms with van der Waals surface area (Å²) in [7, 11) is 1.58. The number of likely N-dealkylation sites (tertiary alicyclic amines) is 1. The lowest BCUT2D eigenvalue weighted by Crippen LogP contribution is -2.33. The van der Waals surface area contributed by atoms with Gasteiger partial charge in [-0.3, -0.25) is 14.6 Å². The Morgan fingerprint density at radius 3 is 2.53 bits per heavy atom. The Bertz CT molecular complexity index is 1000. The minimum Gasteiger partial charge on any atom is -0.507 e. The molecule has 1 fully saturated rings. The standard InChI is InChI=1S/C25H31N3O4/c1-5-27(6-2)14-9-15-28-22(19-10-7-8-13-26-19)21(24(30)25(28)31)23(29)18-11-12-20(32-4)17(3)16-18/h7-8,10-13,16,22,29H,5-6,9,14-15H2,1-4H3/b23-21-. The monoisotopic (exact) mass is 437 g/mol. The number of aliphatic hydroxyl groups excluding tert-OH is 1. The predicted molar refractivity (Wildman–Crippen MR) is 123 cm³/mol. The van der Waals surface area contributed by atoms with Gasteiger partial charge in [-0.15, -0.1) is 0 Å². The Balaban J connectivity index is 2.02. The number of methoxy groups -OCH3 is 1. The summed E-state index contributed by atoms with van der Waals surface area (Å²) in [4.78, 5) is 34.3. The van der Waals surface area contributed by atoms with Crippen molar-refractivity contribution < 1.29 is 19.4 Å². The van der Waals surface area contributed by atoms with Crippen LogP contribution >= 0.6 is 0 Å². The van der Waals surface area contributed by atoms with E-state index in [1.807, 2.05) is 13.0 Å². The average Bonchev–Trinajstić information content (AvgIpc) is 3.06. The Hall–Kier alpha value is -3.19. The van der Waals surface area contributed by atoms with Crippen LogP contribution in [0.3, 0.4) is 0 Å². The van der Waals surface area contributed by atoms with Crippen molar-refractivity contribution in [3.63, 3.8) is 0 Å². The molecular formula is C25H31N3O4. The van der Waals surface area contributed by atoms with Crippen molar-refractivity contribution in [1.29, 1.82) is 0 Å². The van der Waals surface area contributed by atoms with E-state index in [-0.39, 0.29) is 11.3 Å². The van der Waals surface area contributed by atoms with Gasteiger partial charge in [0, 0.05) is 18.3 Å². The Morgan fingerprint density at radius 1 is 1.19 bits per heavy atom. The lowest BCUT2D eigenvalue weighted by molar-refractivity contribution is -0.140. The molecule has 0 saturated carbocycles. The minimum absolute atomic E-state index is 0.0705. The fourth-order valence-corrected chi connectivity index (χ4v) is 4.14. The highest BCUT2D eigenvalue weighted by atomic mass is 16.5. The maximum Gasteiger partial charge on any atom is 0.295 e. The van der Waals surface area contributed by atoms with Crippen LogP contribution in [0.15, 0.2) is 48.2 Å². The Labute approximate surface area is 189 Å². The lowest BCUT2D eigenvalue weighted by atomic mass is 9.97. The number of benzene rings is 1.